The molecule has 0 unspecified atom stereocenters. The van der Waals surface area contributed by atoms with Crippen LogP contribution in [0.1, 0.15) is 70.1 Å². The SMILES string of the molecule is CCc1cccc(CC)c1-c1c(CC)nn(C(C)C)c1CC. The molecule has 0 amide bonds. The van der Waals surface area contributed by atoms with Crippen LogP contribution in [0.3, 0.4) is 0 Å². The van der Waals surface area contributed by atoms with Gasteiger partial charge in [0.25, 0.3) is 0 Å². The van der Waals surface area contributed by atoms with Gasteiger partial charge in [-0.05, 0) is 56.2 Å². The Balaban J connectivity index is 2.82. The number of hydrogen-bond donors (Lipinski definition) is 0. The highest BCUT2D eigenvalue weighted by Crippen LogP contribution is 2.36. The molecule has 0 bridgehead atoms. The molecule has 2 rings (SSSR count). The van der Waals surface area contributed by atoms with E-state index >= 15 is 0 Å². The van der Waals surface area contributed by atoms with Crippen molar-refractivity contribution >= 4 is 0 Å². The Bertz CT molecular complexity index is 613. The van der Waals surface area contributed by atoms with Gasteiger partial charge < -0.3 is 0 Å². The number of benzene rings is 1. The molecule has 0 fully saturated rings. The predicted octanol–water partition coefficient (Wildman–Crippen LogP) is 5.38. The van der Waals surface area contributed by atoms with Gasteiger partial charge in [0.15, 0.2) is 0 Å². The molecule has 22 heavy (non-hydrogen) atoms. The molecular weight excluding hydrogens is 268 g/mol. The summed E-state index contributed by atoms with van der Waals surface area (Å²) in [6, 6.07) is 7.17. The van der Waals surface area contributed by atoms with Crippen LogP contribution in [0.25, 0.3) is 11.1 Å². The standard InChI is InChI=1S/C20H30N2/c1-7-15-12-11-13-16(8-2)19(15)20-17(9-3)21-22(14(5)6)18(20)10-4/h11-14H,7-10H2,1-6H3. The van der Waals surface area contributed by atoms with Crippen molar-refractivity contribution in [2.45, 2.75) is 73.3 Å². The highest BCUT2D eigenvalue weighted by atomic mass is 15.3. The van der Waals surface area contributed by atoms with Crippen molar-refractivity contribution < 1.29 is 0 Å². The fourth-order valence-electron chi connectivity index (χ4n) is 3.39. The smallest absolute Gasteiger partial charge is 0.0703 e. The quantitative estimate of drug-likeness (QED) is 0.700. The average Bonchev–Trinajstić information content (AvgIpc) is 2.92. The highest BCUT2D eigenvalue weighted by Gasteiger charge is 2.22. The number of aromatic nitrogens is 2. The number of hydrogen-bond acceptors (Lipinski definition) is 1. The minimum Gasteiger partial charge on any atom is -0.266 e. The number of nitrogens with zero attached hydrogens (tertiary/aromatic N) is 2. The van der Waals surface area contributed by atoms with Gasteiger partial charge in [0.1, 0.15) is 0 Å². The fraction of sp³-hybridized carbons (Fsp3) is 0.550. The molecule has 0 aliphatic heterocycles. The van der Waals surface area contributed by atoms with E-state index in [1.54, 1.807) is 0 Å². The molecule has 0 aliphatic rings. The molecule has 0 radical (unpaired) electrons. The number of rotatable bonds is 6. The Labute approximate surface area is 135 Å². The van der Waals surface area contributed by atoms with Crippen molar-refractivity contribution in [1.29, 1.82) is 0 Å². The van der Waals surface area contributed by atoms with Crippen LogP contribution in [-0.4, -0.2) is 9.78 Å². The first kappa shape index (κ1) is 16.8. The van der Waals surface area contributed by atoms with Gasteiger partial charge >= 0.3 is 0 Å². The Hall–Kier alpha value is -1.57. The van der Waals surface area contributed by atoms with Gasteiger partial charge in [0.05, 0.1) is 5.69 Å². The van der Waals surface area contributed by atoms with E-state index in [0.29, 0.717) is 6.04 Å². The molecule has 0 saturated carbocycles. The van der Waals surface area contributed by atoms with E-state index in [-0.39, 0.29) is 0 Å². The summed E-state index contributed by atoms with van der Waals surface area (Å²) in [7, 11) is 0. The first-order valence-electron chi connectivity index (χ1n) is 8.80. The first-order chi connectivity index (χ1) is 10.6. The molecule has 0 saturated heterocycles. The summed E-state index contributed by atoms with van der Waals surface area (Å²) < 4.78 is 2.24. The van der Waals surface area contributed by atoms with Gasteiger partial charge in [-0.1, -0.05) is 45.9 Å². The zero-order valence-corrected chi connectivity index (χ0v) is 15.0. The van der Waals surface area contributed by atoms with E-state index in [9.17, 15) is 0 Å². The lowest BCUT2D eigenvalue weighted by Crippen LogP contribution is -2.07. The van der Waals surface area contributed by atoms with E-state index in [0.717, 1.165) is 25.7 Å². The second-order valence-electron chi connectivity index (χ2n) is 6.17. The topological polar surface area (TPSA) is 17.8 Å². The van der Waals surface area contributed by atoms with E-state index in [4.69, 9.17) is 5.10 Å². The van der Waals surface area contributed by atoms with Crippen LogP contribution in [0.5, 0.6) is 0 Å². The summed E-state index contributed by atoms with van der Waals surface area (Å²) in [5.41, 5.74) is 8.41. The maximum atomic E-state index is 4.94. The molecule has 2 heteroatoms. The average molecular weight is 298 g/mol. The van der Waals surface area contributed by atoms with Crippen molar-refractivity contribution in [2.75, 3.05) is 0 Å². The van der Waals surface area contributed by atoms with Crippen molar-refractivity contribution in [1.82, 2.24) is 9.78 Å². The van der Waals surface area contributed by atoms with E-state index < -0.39 is 0 Å². The third-order valence-electron chi connectivity index (χ3n) is 4.49. The summed E-state index contributed by atoms with van der Waals surface area (Å²) in [5.74, 6) is 0. The van der Waals surface area contributed by atoms with Gasteiger partial charge in [0.2, 0.25) is 0 Å². The van der Waals surface area contributed by atoms with Crippen LogP contribution in [-0.2, 0) is 25.7 Å². The molecule has 0 N–H and O–H groups in total. The lowest BCUT2D eigenvalue weighted by atomic mass is 9.89. The summed E-state index contributed by atoms with van der Waals surface area (Å²) in [4.78, 5) is 0. The van der Waals surface area contributed by atoms with Crippen LogP contribution in [0, 0.1) is 0 Å². The molecule has 0 aliphatic carbocycles. The van der Waals surface area contributed by atoms with Crippen LogP contribution in [0.4, 0.5) is 0 Å². The lowest BCUT2D eigenvalue weighted by molar-refractivity contribution is 0.507. The Morgan fingerprint density at radius 2 is 1.45 bits per heavy atom. The van der Waals surface area contributed by atoms with Crippen LogP contribution < -0.4 is 0 Å². The summed E-state index contributed by atoms with van der Waals surface area (Å²) in [5, 5.41) is 4.94. The molecule has 1 aromatic carbocycles. The van der Waals surface area contributed by atoms with Crippen molar-refractivity contribution in [2.24, 2.45) is 0 Å². The second-order valence-corrected chi connectivity index (χ2v) is 6.17. The van der Waals surface area contributed by atoms with Crippen LogP contribution >= 0.6 is 0 Å². The largest absolute Gasteiger partial charge is 0.266 e. The third kappa shape index (κ3) is 2.84. The first-order valence-corrected chi connectivity index (χ1v) is 8.80. The zero-order chi connectivity index (χ0) is 16.3. The van der Waals surface area contributed by atoms with Gasteiger partial charge in [-0.15, -0.1) is 0 Å². The van der Waals surface area contributed by atoms with Gasteiger partial charge in [-0.25, -0.2) is 0 Å². The van der Waals surface area contributed by atoms with Gasteiger partial charge in [-0.2, -0.15) is 5.10 Å². The Morgan fingerprint density at radius 3 is 1.86 bits per heavy atom. The summed E-state index contributed by atoms with van der Waals surface area (Å²) in [6.45, 7) is 13.4. The highest BCUT2D eigenvalue weighted by molar-refractivity contribution is 5.75. The van der Waals surface area contributed by atoms with Crippen molar-refractivity contribution in [3.63, 3.8) is 0 Å². The van der Waals surface area contributed by atoms with Gasteiger partial charge in [-0.3, -0.25) is 4.68 Å². The van der Waals surface area contributed by atoms with Crippen molar-refractivity contribution in [3.8, 4) is 11.1 Å². The Morgan fingerprint density at radius 1 is 0.864 bits per heavy atom. The third-order valence-corrected chi connectivity index (χ3v) is 4.49. The molecule has 120 valence electrons. The monoisotopic (exact) mass is 298 g/mol. The second kappa shape index (κ2) is 7.13. The molecular formula is C20H30N2. The van der Waals surface area contributed by atoms with E-state index in [1.807, 2.05) is 0 Å². The number of aryl methyl sites for hydroxylation is 3. The van der Waals surface area contributed by atoms with Crippen LogP contribution in [0.15, 0.2) is 18.2 Å². The van der Waals surface area contributed by atoms with E-state index in [2.05, 4.69) is 64.4 Å². The van der Waals surface area contributed by atoms with E-state index in [1.165, 1.54) is 33.6 Å². The molecule has 1 aromatic heterocycles. The maximum Gasteiger partial charge on any atom is 0.0703 e. The maximum absolute atomic E-state index is 4.94. The molecule has 2 aromatic rings. The lowest BCUT2D eigenvalue weighted by Gasteiger charge is -2.16. The fourth-order valence-corrected chi connectivity index (χ4v) is 3.39. The normalized spacial score (nSPS) is 11.4. The molecule has 2 nitrogen and oxygen atoms in total. The minimum atomic E-state index is 0.410. The van der Waals surface area contributed by atoms with Gasteiger partial charge in [0, 0.05) is 17.3 Å². The molecule has 1 heterocycles. The van der Waals surface area contributed by atoms with Crippen LogP contribution in [0.2, 0.25) is 0 Å². The predicted molar refractivity (Wildman–Crippen MR) is 95.6 cm³/mol. The minimum absolute atomic E-state index is 0.410. The van der Waals surface area contributed by atoms with Crippen molar-refractivity contribution in [3.05, 3.63) is 40.7 Å². The summed E-state index contributed by atoms with van der Waals surface area (Å²) >= 11 is 0. The Kier molecular flexibility index (Phi) is 5.44. The molecule has 0 spiro atoms. The summed E-state index contributed by atoms with van der Waals surface area (Å²) in [6.07, 6.45) is 4.16. The zero-order valence-electron chi connectivity index (χ0n) is 15.0. The molecule has 0 atom stereocenters.